The third-order valence-electron chi connectivity index (χ3n) is 3.06. The number of likely N-dealkylation sites (tertiary alicyclic amines) is 1. The summed E-state index contributed by atoms with van der Waals surface area (Å²) in [6.07, 6.45) is 1.68. The minimum Gasteiger partial charge on any atom is -0.375 e. The average Bonchev–Trinajstić information content (AvgIpc) is 2.37. The number of nitrogens with zero attached hydrogens (tertiary/aromatic N) is 2. The second kappa shape index (κ2) is 7.67. The molecule has 1 fully saturated rings. The Balaban J connectivity index is 2.21. The molecule has 18 heavy (non-hydrogen) atoms. The van der Waals surface area contributed by atoms with Crippen LogP contribution in [0.1, 0.15) is 19.3 Å². The average molecular weight is 253 g/mol. The van der Waals surface area contributed by atoms with Crippen LogP contribution >= 0.6 is 0 Å². The van der Waals surface area contributed by atoms with Crippen molar-refractivity contribution in [3.8, 4) is 6.07 Å². The zero-order chi connectivity index (χ0) is 13.4. The van der Waals surface area contributed by atoms with Crippen LogP contribution in [0.4, 0.5) is 0 Å². The van der Waals surface area contributed by atoms with Gasteiger partial charge in [0, 0.05) is 26.7 Å². The van der Waals surface area contributed by atoms with Gasteiger partial charge < -0.3 is 15.0 Å². The van der Waals surface area contributed by atoms with Gasteiger partial charge in [-0.3, -0.25) is 9.59 Å². The molecule has 0 aromatic rings. The number of methoxy groups -OCH3 is 1. The monoisotopic (exact) mass is 253 g/mol. The molecule has 0 saturated carbocycles. The van der Waals surface area contributed by atoms with Crippen LogP contribution in [-0.4, -0.2) is 50.1 Å². The third kappa shape index (κ3) is 4.72. The van der Waals surface area contributed by atoms with Crippen LogP contribution in [0.2, 0.25) is 0 Å². The summed E-state index contributed by atoms with van der Waals surface area (Å²) >= 11 is 0. The molecule has 0 unspecified atom stereocenters. The summed E-state index contributed by atoms with van der Waals surface area (Å²) in [5, 5.41) is 11.3. The molecular formula is C12H19N3O3. The molecule has 1 aliphatic rings. The lowest BCUT2D eigenvalue weighted by atomic mass is 9.96. The number of hydrogen-bond donors (Lipinski definition) is 1. The van der Waals surface area contributed by atoms with Crippen molar-refractivity contribution in [2.75, 3.05) is 33.4 Å². The zero-order valence-electron chi connectivity index (χ0n) is 10.6. The van der Waals surface area contributed by atoms with Crippen molar-refractivity contribution in [1.29, 1.82) is 5.26 Å². The van der Waals surface area contributed by atoms with E-state index in [9.17, 15) is 9.59 Å². The Kier molecular flexibility index (Phi) is 6.15. The predicted molar refractivity (Wildman–Crippen MR) is 64.4 cm³/mol. The molecule has 100 valence electrons. The number of hydrogen-bond acceptors (Lipinski definition) is 4. The first-order valence-corrected chi connectivity index (χ1v) is 6.07. The fourth-order valence-electron chi connectivity index (χ4n) is 2.01. The number of piperidine rings is 1. The van der Waals surface area contributed by atoms with Gasteiger partial charge in [0.1, 0.15) is 13.0 Å². The zero-order valence-corrected chi connectivity index (χ0v) is 10.6. The minimum absolute atomic E-state index is 0.0464. The van der Waals surface area contributed by atoms with Crippen LogP contribution in [0.3, 0.4) is 0 Å². The van der Waals surface area contributed by atoms with Gasteiger partial charge in [-0.1, -0.05) is 0 Å². The predicted octanol–water partition coefficient (Wildman–Crippen LogP) is -0.0987. The largest absolute Gasteiger partial charge is 0.375 e. The molecule has 0 spiro atoms. The summed E-state index contributed by atoms with van der Waals surface area (Å²) in [4.78, 5) is 24.4. The smallest absolute Gasteiger partial charge is 0.245 e. The van der Waals surface area contributed by atoms with Crippen molar-refractivity contribution >= 4 is 11.8 Å². The highest BCUT2D eigenvalue weighted by atomic mass is 16.5. The molecule has 0 atom stereocenters. The second-order valence-corrected chi connectivity index (χ2v) is 4.40. The van der Waals surface area contributed by atoms with E-state index in [1.165, 1.54) is 7.11 Å². The van der Waals surface area contributed by atoms with Gasteiger partial charge in [-0.15, -0.1) is 0 Å². The fraction of sp³-hybridized carbons (Fsp3) is 0.750. The molecule has 2 amide bonds. The Labute approximate surface area is 107 Å². The summed E-state index contributed by atoms with van der Waals surface area (Å²) in [5.74, 6) is 0.191. The van der Waals surface area contributed by atoms with E-state index in [0.29, 0.717) is 25.6 Å². The number of carbonyl (C=O) groups excluding carboxylic acids is 2. The molecule has 0 aliphatic carbocycles. The van der Waals surface area contributed by atoms with E-state index in [0.717, 1.165) is 12.8 Å². The van der Waals surface area contributed by atoms with Gasteiger partial charge in [-0.05, 0) is 18.8 Å². The summed E-state index contributed by atoms with van der Waals surface area (Å²) in [5.41, 5.74) is 0. The van der Waals surface area contributed by atoms with E-state index in [2.05, 4.69) is 5.32 Å². The number of nitrogens with one attached hydrogen (secondary N) is 1. The quantitative estimate of drug-likeness (QED) is 0.741. The van der Waals surface area contributed by atoms with Gasteiger partial charge in [-0.2, -0.15) is 5.26 Å². The van der Waals surface area contributed by atoms with Crippen molar-refractivity contribution < 1.29 is 14.3 Å². The highest BCUT2D eigenvalue weighted by Crippen LogP contribution is 2.16. The van der Waals surface area contributed by atoms with Gasteiger partial charge in [0.15, 0.2) is 0 Å². The highest BCUT2D eigenvalue weighted by Gasteiger charge is 2.22. The standard InChI is InChI=1S/C12H19N3O3/c1-18-9-11(16)14-8-10-3-6-15(7-4-10)12(17)2-5-13/h10H,2-4,6-9H2,1H3,(H,14,16). The van der Waals surface area contributed by atoms with E-state index in [1.807, 2.05) is 6.07 Å². The van der Waals surface area contributed by atoms with Crippen molar-refractivity contribution in [3.05, 3.63) is 0 Å². The van der Waals surface area contributed by atoms with Gasteiger partial charge in [0.2, 0.25) is 11.8 Å². The molecule has 1 saturated heterocycles. The van der Waals surface area contributed by atoms with Crippen molar-refractivity contribution in [2.24, 2.45) is 5.92 Å². The Morgan fingerprint density at radius 3 is 2.67 bits per heavy atom. The molecule has 0 bridgehead atoms. The van der Waals surface area contributed by atoms with E-state index < -0.39 is 0 Å². The molecule has 1 N–H and O–H groups in total. The van der Waals surface area contributed by atoms with Crippen LogP contribution in [0.5, 0.6) is 0 Å². The normalized spacial score (nSPS) is 16.1. The third-order valence-corrected chi connectivity index (χ3v) is 3.06. The highest BCUT2D eigenvalue weighted by molar-refractivity contribution is 5.78. The van der Waals surface area contributed by atoms with Crippen molar-refractivity contribution in [1.82, 2.24) is 10.2 Å². The molecular weight excluding hydrogens is 234 g/mol. The first-order chi connectivity index (χ1) is 8.67. The topological polar surface area (TPSA) is 82.4 Å². The van der Waals surface area contributed by atoms with E-state index in [-0.39, 0.29) is 24.8 Å². The summed E-state index contributed by atoms with van der Waals surface area (Å²) < 4.78 is 4.72. The van der Waals surface area contributed by atoms with Gasteiger partial charge >= 0.3 is 0 Å². The van der Waals surface area contributed by atoms with Crippen LogP contribution in [-0.2, 0) is 14.3 Å². The number of carbonyl (C=O) groups is 2. The number of ether oxygens (including phenoxy) is 1. The van der Waals surface area contributed by atoms with Crippen LogP contribution in [0, 0.1) is 17.2 Å². The van der Waals surface area contributed by atoms with Gasteiger partial charge in [0.05, 0.1) is 6.07 Å². The van der Waals surface area contributed by atoms with Gasteiger partial charge in [0.25, 0.3) is 0 Å². The first-order valence-electron chi connectivity index (χ1n) is 6.07. The maximum absolute atomic E-state index is 11.5. The van der Waals surface area contributed by atoms with Crippen molar-refractivity contribution in [2.45, 2.75) is 19.3 Å². The van der Waals surface area contributed by atoms with E-state index >= 15 is 0 Å². The Hall–Kier alpha value is -1.61. The van der Waals surface area contributed by atoms with E-state index in [1.54, 1.807) is 4.90 Å². The molecule has 6 nitrogen and oxygen atoms in total. The lowest BCUT2D eigenvalue weighted by Gasteiger charge is -2.31. The summed E-state index contributed by atoms with van der Waals surface area (Å²) in [6.45, 7) is 2.05. The molecule has 1 aliphatic heterocycles. The molecule has 0 radical (unpaired) electrons. The molecule has 0 aromatic carbocycles. The Morgan fingerprint density at radius 2 is 2.11 bits per heavy atom. The number of rotatable bonds is 5. The second-order valence-electron chi connectivity index (χ2n) is 4.40. The number of amides is 2. The molecule has 0 aromatic heterocycles. The van der Waals surface area contributed by atoms with Gasteiger partial charge in [-0.25, -0.2) is 0 Å². The number of nitriles is 1. The Morgan fingerprint density at radius 1 is 1.44 bits per heavy atom. The van der Waals surface area contributed by atoms with Crippen molar-refractivity contribution in [3.63, 3.8) is 0 Å². The van der Waals surface area contributed by atoms with E-state index in [4.69, 9.17) is 10.00 Å². The first kappa shape index (κ1) is 14.5. The maximum Gasteiger partial charge on any atom is 0.245 e. The summed E-state index contributed by atoms with van der Waals surface area (Å²) in [7, 11) is 1.48. The maximum atomic E-state index is 11.5. The SMILES string of the molecule is COCC(=O)NCC1CCN(C(=O)CC#N)CC1. The minimum atomic E-state index is -0.111. The molecule has 1 rings (SSSR count). The lowest BCUT2D eigenvalue weighted by molar-refractivity contribution is -0.132. The van der Waals surface area contributed by atoms with Crippen LogP contribution in [0.25, 0.3) is 0 Å². The Bertz CT molecular complexity index is 330. The lowest BCUT2D eigenvalue weighted by Crippen LogP contribution is -2.41. The van der Waals surface area contributed by atoms with Crippen LogP contribution in [0.15, 0.2) is 0 Å². The fourth-order valence-corrected chi connectivity index (χ4v) is 2.01. The molecule has 1 heterocycles. The molecule has 6 heteroatoms. The summed E-state index contributed by atoms with van der Waals surface area (Å²) in [6, 6.07) is 1.87. The van der Waals surface area contributed by atoms with Crippen LogP contribution < -0.4 is 5.32 Å².